The summed E-state index contributed by atoms with van der Waals surface area (Å²) in [6.07, 6.45) is 3.50. The number of hydrogen-bond acceptors (Lipinski definition) is 5. The van der Waals surface area contributed by atoms with Gasteiger partial charge >= 0.3 is 0 Å². The Bertz CT molecular complexity index is 1430. The molecule has 0 unspecified atom stereocenters. The van der Waals surface area contributed by atoms with Gasteiger partial charge in [0.05, 0.1) is 19.1 Å². The van der Waals surface area contributed by atoms with Crippen molar-refractivity contribution in [3.63, 3.8) is 0 Å². The van der Waals surface area contributed by atoms with Gasteiger partial charge in [0.15, 0.2) is 0 Å². The fourth-order valence-corrected chi connectivity index (χ4v) is 5.83. The maximum Gasteiger partial charge on any atom is 0.243 e. The standard InChI is InChI=1S/C34H45N3O5S/c1-6-26(3)35-34(39)32(24-28-13-9-8-10-14-28)36(25-29-15-11-16-31(23-29)42-4)33(38)17-12-22-37(43(5,40)41)30-20-18-27(7-2)19-21-30/h8-11,13-16,18-21,23,26,32H,6-7,12,17,22,24-25H2,1-5H3,(H,35,39)/t26-,32-/m0/s1. The predicted octanol–water partition coefficient (Wildman–Crippen LogP) is 5.36. The van der Waals surface area contributed by atoms with Crippen molar-refractivity contribution in [1.29, 1.82) is 0 Å². The highest BCUT2D eigenvalue weighted by atomic mass is 32.2. The maximum atomic E-state index is 14.0. The van der Waals surface area contributed by atoms with Gasteiger partial charge < -0.3 is 15.0 Å². The van der Waals surface area contributed by atoms with Gasteiger partial charge in [0.2, 0.25) is 21.8 Å². The van der Waals surface area contributed by atoms with Crippen LogP contribution in [0, 0.1) is 0 Å². The molecule has 2 atom stereocenters. The first-order valence-corrected chi connectivity index (χ1v) is 16.7. The van der Waals surface area contributed by atoms with Crippen LogP contribution in [-0.2, 0) is 39.0 Å². The van der Waals surface area contributed by atoms with Crippen molar-refractivity contribution in [3.05, 3.63) is 95.6 Å². The van der Waals surface area contributed by atoms with Gasteiger partial charge in [-0.2, -0.15) is 0 Å². The zero-order valence-electron chi connectivity index (χ0n) is 26.0. The first kappa shape index (κ1) is 33.6. The highest BCUT2D eigenvalue weighted by molar-refractivity contribution is 7.92. The molecule has 0 saturated carbocycles. The first-order valence-electron chi connectivity index (χ1n) is 14.9. The molecule has 0 heterocycles. The molecule has 3 aromatic rings. The second-order valence-corrected chi connectivity index (χ2v) is 12.8. The molecule has 232 valence electrons. The third kappa shape index (κ3) is 10.1. The summed E-state index contributed by atoms with van der Waals surface area (Å²) in [5.41, 5.74) is 3.45. The summed E-state index contributed by atoms with van der Waals surface area (Å²) in [6, 6.07) is 23.7. The van der Waals surface area contributed by atoms with Crippen molar-refractivity contribution in [3.8, 4) is 5.75 Å². The summed E-state index contributed by atoms with van der Waals surface area (Å²) in [7, 11) is -1.98. The van der Waals surface area contributed by atoms with Gasteiger partial charge in [-0.25, -0.2) is 8.42 Å². The van der Waals surface area contributed by atoms with Gasteiger partial charge in [0.25, 0.3) is 0 Å². The van der Waals surface area contributed by atoms with Gasteiger partial charge in [0.1, 0.15) is 11.8 Å². The average Bonchev–Trinajstić information content (AvgIpc) is 3.00. The first-order chi connectivity index (χ1) is 20.5. The van der Waals surface area contributed by atoms with Crippen molar-refractivity contribution in [2.24, 2.45) is 0 Å². The number of amides is 2. The van der Waals surface area contributed by atoms with Crippen molar-refractivity contribution >= 4 is 27.5 Å². The van der Waals surface area contributed by atoms with E-state index in [1.807, 2.05) is 87.5 Å². The number of benzene rings is 3. The van der Waals surface area contributed by atoms with E-state index in [1.165, 1.54) is 10.6 Å². The quantitative estimate of drug-likeness (QED) is 0.237. The number of rotatable bonds is 16. The number of nitrogens with zero attached hydrogens (tertiary/aromatic N) is 2. The normalized spacial score (nSPS) is 12.7. The minimum absolute atomic E-state index is 0.0537. The fraction of sp³-hybridized carbons (Fsp3) is 0.412. The van der Waals surface area contributed by atoms with Gasteiger partial charge in [-0.05, 0) is 67.1 Å². The number of carbonyl (C=O) groups is 2. The lowest BCUT2D eigenvalue weighted by Gasteiger charge is -2.33. The lowest BCUT2D eigenvalue weighted by atomic mass is 10.0. The van der Waals surface area contributed by atoms with E-state index in [0.717, 1.165) is 29.5 Å². The SMILES string of the molecule is CCc1ccc(N(CCCC(=O)N(Cc2cccc(OC)c2)[C@@H](Cc2ccccc2)C(=O)N[C@@H](C)CC)S(C)(=O)=O)cc1. The molecule has 3 aromatic carbocycles. The van der Waals surface area contributed by atoms with E-state index in [4.69, 9.17) is 4.74 Å². The molecule has 0 aliphatic rings. The number of ether oxygens (including phenoxy) is 1. The van der Waals surface area contributed by atoms with Crippen LogP contribution in [0.2, 0.25) is 0 Å². The second-order valence-electron chi connectivity index (χ2n) is 10.9. The van der Waals surface area contributed by atoms with E-state index in [2.05, 4.69) is 5.32 Å². The third-order valence-corrected chi connectivity index (χ3v) is 8.74. The molecule has 9 heteroatoms. The molecule has 3 rings (SSSR count). The van der Waals surface area contributed by atoms with Crippen LogP contribution in [0.3, 0.4) is 0 Å². The van der Waals surface area contributed by atoms with Crippen LogP contribution in [0.5, 0.6) is 5.75 Å². The minimum atomic E-state index is -3.57. The molecule has 1 N–H and O–H groups in total. The van der Waals surface area contributed by atoms with E-state index < -0.39 is 16.1 Å². The number of carbonyl (C=O) groups excluding carboxylic acids is 2. The number of methoxy groups -OCH3 is 1. The molecule has 0 aliphatic heterocycles. The molecule has 0 fully saturated rings. The van der Waals surface area contributed by atoms with Gasteiger partial charge in [-0.15, -0.1) is 0 Å². The van der Waals surface area contributed by atoms with E-state index in [1.54, 1.807) is 24.1 Å². The summed E-state index contributed by atoms with van der Waals surface area (Å²) in [5, 5.41) is 3.07. The lowest BCUT2D eigenvalue weighted by molar-refractivity contribution is -0.141. The average molecular weight is 608 g/mol. The smallest absolute Gasteiger partial charge is 0.243 e. The summed E-state index contributed by atoms with van der Waals surface area (Å²) in [4.78, 5) is 29.3. The molecular weight excluding hydrogens is 562 g/mol. The monoisotopic (exact) mass is 607 g/mol. The summed E-state index contributed by atoms with van der Waals surface area (Å²) < 4.78 is 32.1. The van der Waals surface area contributed by atoms with Gasteiger partial charge in [0, 0.05) is 32.0 Å². The summed E-state index contributed by atoms with van der Waals surface area (Å²) in [5.74, 6) is 0.215. The van der Waals surface area contributed by atoms with Gasteiger partial charge in [-0.3, -0.25) is 13.9 Å². The molecule has 0 saturated heterocycles. The van der Waals surface area contributed by atoms with Crippen LogP contribution in [0.25, 0.3) is 0 Å². The van der Waals surface area contributed by atoms with E-state index in [9.17, 15) is 18.0 Å². The molecule has 0 radical (unpaired) electrons. The number of nitrogens with one attached hydrogen (secondary N) is 1. The van der Waals surface area contributed by atoms with Crippen LogP contribution in [0.1, 0.15) is 56.7 Å². The molecule has 0 bridgehead atoms. The number of anilines is 1. The fourth-order valence-electron chi connectivity index (χ4n) is 4.86. The number of sulfonamides is 1. The number of aryl methyl sites for hydroxylation is 1. The van der Waals surface area contributed by atoms with Crippen molar-refractivity contribution in [2.75, 3.05) is 24.2 Å². The van der Waals surface area contributed by atoms with Crippen LogP contribution in [-0.4, -0.2) is 57.1 Å². The van der Waals surface area contributed by atoms with Crippen molar-refractivity contribution in [1.82, 2.24) is 10.2 Å². The van der Waals surface area contributed by atoms with Crippen LogP contribution in [0.4, 0.5) is 5.69 Å². The maximum absolute atomic E-state index is 14.0. The van der Waals surface area contributed by atoms with Crippen molar-refractivity contribution < 1.29 is 22.7 Å². The molecule has 43 heavy (non-hydrogen) atoms. The summed E-state index contributed by atoms with van der Waals surface area (Å²) in [6.45, 7) is 6.33. The topological polar surface area (TPSA) is 96.0 Å². The molecule has 0 aliphatic carbocycles. The Labute approximate surface area is 257 Å². The largest absolute Gasteiger partial charge is 0.497 e. The Morgan fingerprint density at radius 1 is 0.907 bits per heavy atom. The van der Waals surface area contributed by atoms with E-state index >= 15 is 0 Å². The van der Waals surface area contributed by atoms with E-state index in [0.29, 0.717) is 24.3 Å². The molecule has 2 amide bonds. The third-order valence-electron chi connectivity index (χ3n) is 7.54. The minimum Gasteiger partial charge on any atom is -0.497 e. The predicted molar refractivity (Wildman–Crippen MR) is 173 cm³/mol. The molecular formula is C34H45N3O5S. The number of hydrogen-bond donors (Lipinski definition) is 1. The van der Waals surface area contributed by atoms with Crippen LogP contribution in [0.15, 0.2) is 78.9 Å². The Hall–Kier alpha value is -3.85. The Morgan fingerprint density at radius 2 is 1.58 bits per heavy atom. The zero-order chi connectivity index (χ0) is 31.4. The highest BCUT2D eigenvalue weighted by Gasteiger charge is 2.31. The lowest BCUT2D eigenvalue weighted by Crippen LogP contribution is -2.52. The summed E-state index contributed by atoms with van der Waals surface area (Å²) >= 11 is 0. The zero-order valence-corrected chi connectivity index (χ0v) is 26.8. The van der Waals surface area contributed by atoms with Crippen molar-refractivity contribution in [2.45, 2.75) is 71.5 Å². The Kier molecular flexibility index (Phi) is 12.6. The Balaban J connectivity index is 1.90. The van der Waals surface area contributed by atoms with Crippen LogP contribution < -0.4 is 14.4 Å². The molecule has 8 nitrogen and oxygen atoms in total. The van der Waals surface area contributed by atoms with Crippen LogP contribution >= 0.6 is 0 Å². The van der Waals surface area contributed by atoms with Gasteiger partial charge in [-0.1, -0.05) is 68.4 Å². The van der Waals surface area contributed by atoms with E-state index in [-0.39, 0.29) is 37.4 Å². The second kappa shape index (κ2) is 16.1. The molecule has 0 aromatic heterocycles. The Morgan fingerprint density at radius 3 is 2.19 bits per heavy atom. The highest BCUT2D eigenvalue weighted by Crippen LogP contribution is 2.22. The molecule has 0 spiro atoms.